The zero-order chi connectivity index (χ0) is 38.0. The van der Waals surface area contributed by atoms with Gasteiger partial charge in [0.2, 0.25) is 5.91 Å². The standard InChI is InChI=1S/C47H89NO4/c1-3-5-7-9-11-13-15-16-17-18-19-20-21-22-23-24-25-26-27-28-29-30-31-32-34-36-38-40-42-46(51)47(52)48-44(43-49)45(50)41-39-37-35-33-14-12-10-8-6-4-2/h19-20,22-23,39,41,44-46,49-51H,3-18,21,24-38,40,42-43H2,1-2H3,(H,48,52)/b20-19-,23-22-,41-39+. The van der Waals surface area contributed by atoms with Crippen LogP contribution in [0, 0.1) is 0 Å². The van der Waals surface area contributed by atoms with Gasteiger partial charge in [0.1, 0.15) is 6.10 Å². The van der Waals surface area contributed by atoms with E-state index < -0.39 is 24.2 Å². The molecular weight excluding hydrogens is 643 g/mol. The molecule has 1 amide bonds. The number of allylic oxidation sites excluding steroid dienone is 5. The van der Waals surface area contributed by atoms with Crippen LogP contribution in [-0.4, -0.2) is 46.1 Å². The van der Waals surface area contributed by atoms with Crippen LogP contribution < -0.4 is 5.32 Å². The Labute approximate surface area is 324 Å². The fraction of sp³-hybridized carbons (Fsp3) is 0.851. The van der Waals surface area contributed by atoms with Gasteiger partial charge in [-0.3, -0.25) is 4.79 Å². The van der Waals surface area contributed by atoms with Crippen molar-refractivity contribution in [2.24, 2.45) is 0 Å². The van der Waals surface area contributed by atoms with Crippen LogP contribution in [-0.2, 0) is 4.79 Å². The van der Waals surface area contributed by atoms with E-state index in [1.54, 1.807) is 6.08 Å². The SMILES string of the molecule is CCCCCCCCCC/C=C/C(O)C(CO)NC(=O)C(O)CCCCCCCCCCCCCC/C=C\C/C=C\CCCCCCCCCCC. The van der Waals surface area contributed by atoms with E-state index in [1.807, 2.05) is 6.08 Å². The Morgan fingerprint density at radius 2 is 0.827 bits per heavy atom. The Balaban J connectivity index is 3.57. The third kappa shape index (κ3) is 36.9. The number of carbonyl (C=O) groups excluding carboxylic acids is 1. The molecule has 0 fully saturated rings. The van der Waals surface area contributed by atoms with Gasteiger partial charge in [0.25, 0.3) is 0 Å². The molecule has 0 heterocycles. The first kappa shape index (κ1) is 50.6. The highest BCUT2D eigenvalue weighted by molar-refractivity contribution is 5.80. The van der Waals surface area contributed by atoms with Crippen LogP contribution in [0.15, 0.2) is 36.5 Å². The van der Waals surface area contributed by atoms with Gasteiger partial charge < -0.3 is 20.6 Å². The number of hydrogen-bond donors (Lipinski definition) is 4. The van der Waals surface area contributed by atoms with E-state index >= 15 is 0 Å². The monoisotopic (exact) mass is 732 g/mol. The Kier molecular flexibility index (Phi) is 41.1. The van der Waals surface area contributed by atoms with Crippen molar-refractivity contribution in [2.75, 3.05) is 6.61 Å². The van der Waals surface area contributed by atoms with Crippen molar-refractivity contribution in [1.82, 2.24) is 5.32 Å². The second kappa shape index (κ2) is 42.3. The van der Waals surface area contributed by atoms with E-state index in [1.165, 1.54) is 173 Å². The molecule has 0 aromatic heterocycles. The quantitative estimate of drug-likeness (QED) is 0.0372. The van der Waals surface area contributed by atoms with E-state index in [-0.39, 0.29) is 6.61 Å². The third-order valence-electron chi connectivity index (χ3n) is 10.5. The smallest absolute Gasteiger partial charge is 0.249 e. The molecule has 0 saturated carbocycles. The highest BCUT2D eigenvalue weighted by Gasteiger charge is 2.22. The van der Waals surface area contributed by atoms with Crippen LogP contribution in [0.5, 0.6) is 0 Å². The molecule has 0 saturated heterocycles. The first-order valence-corrected chi connectivity index (χ1v) is 22.8. The third-order valence-corrected chi connectivity index (χ3v) is 10.5. The van der Waals surface area contributed by atoms with Gasteiger partial charge >= 0.3 is 0 Å². The maximum Gasteiger partial charge on any atom is 0.249 e. The van der Waals surface area contributed by atoms with Crippen molar-refractivity contribution in [3.05, 3.63) is 36.5 Å². The molecule has 0 aliphatic carbocycles. The van der Waals surface area contributed by atoms with Crippen molar-refractivity contribution in [3.63, 3.8) is 0 Å². The molecule has 5 nitrogen and oxygen atoms in total. The molecule has 4 N–H and O–H groups in total. The average molecular weight is 732 g/mol. The van der Waals surface area contributed by atoms with Gasteiger partial charge in [0.15, 0.2) is 0 Å². The minimum atomic E-state index is -1.10. The van der Waals surface area contributed by atoms with Gasteiger partial charge in [-0.25, -0.2) is 0 Å². The van der Waals surface area contributed by atoms with E-state index in [0.29, 0.717) is 6.42 Å². The molecule has 52 heavy (non-hydrogen) atoms. The molecular formula is C47H89NO4. The zero-order valence-electron chi connectivity index (χ0n) is 34.7. The van der Waals surface area contributed by atoms with Gasteiger partial charge in [-0.15, -0.1) is 0 Å². The van der Waals surface area contributed by atoms with E-state index in [9.17, 15) is 20.1 Å². The van der Waals surface area contributed by atoms with Crippen LogP contribution >= 0.6 is 0 Å². The predicted molar refractivity (Wildman–Crippen MR) is 227 cm³/mol. The summed E-state index contributed by atoms with van der Waals surface area (Å²) in [6, 6.07) is -0.796. The van der Waals surface area contributed by atoms with Crippen molar-refractivity contribution >= 4 is 5.91 Å². The van der Waals surface area contributed by atoms with E-state index in [2.05, 4.69) is 43.5 Å². The predicted octanol–water partition coefficient (Wildman–Crippen LogP) is 13.2. The summed E-state index contributed by atoms with van der Waals surface area (Å²) in [5, 5.41) is 33.0. The number of aliphatic hydroxyl groups is 3. The number of aliphatic hydroxyl groups excluding tert-OH is 3. The number of amides is 1. The highest BCUT2D eigenvalue weighted by Crippen LogP contribution is 2.15. The van der Waals surface area contributed by atoms with Crippen LogP contribution in [0.4, 0.5) is 0 Å². The van der Waals surface area contributed by atoms with Crippen LogP contribution in [0.2, 0.25) is 0 Å². The largest absolute Gasteiger partial charge is 0.394 e. The van der Waals surface area contributed by atoms with Crippen molar-refractivity contribution in [2.45, 2.75) is 250 Å². The van der Waals surface area contributed by atoms with Crippen LogP contribution in [0.25, 0.3) is 0 Å². The topological polar surface area (TPSA) is 89.8 Å². The fourth-order valence-corrected chi connectivity index (χ4v) is 6.86. The molecule has 0 spiro atoms. The molecule has 306 valence electrons. The van der Waals surface area contributed by atoms with Crippen LogP contribution in [0.1, 0.15) is 232 Å². The van der Waals surface area contributed by atoms with Gasteiger partial charge in [-0.2, -0.15) is 0 Å². The maximum absolute atomic E-state index is 12.4. The first-order valence-electron chi connectivity index (χ1n) is 22.8. The summed E-state index contributed by atoms with van der Waals surface area (Å²) in [7, 11) is 0. The lowest BCUT2D eigenvalue weighted by molar-refractivity contribution is -0.131. The number of unbranched alkanes of at least 4 members (excludes halogenated alkanes) is 29. The lowest BCUT2D eigenvalue weighted by Crippen LogP contribution is -2.48. The molecule has 0 aromatic carbocycles. The molecule has 3 atom stereocenters. The van der Waals surface area contributed by atoms with Gasteiger partial charge in [-0.1, -0.05) is 217 Å². The fourth-order valence-electron chi connectivity index (χ4n) is 6.86. The summed E-state index contributed by atoms with van der Waals surface area (Å²) >= 11 is 0. The van der Waals surface area contributed by atoms with Gasteiger partial charge in [0, 0.05) is 0 Å². The van der Waals surface area contributed by atoms with Crippen molar-refractivity contribution < 1.29 is 20.1 Å². The summed E-state index contributed by atoms with van der Waals surface area (Å²) < 4.78 is 0. The Morgan fingerprint density at radius 3 is 1.21 bits per heavy atom. The summed E-state index contributed by atoms with van der Waals surface area (Å²) in [5.74, 6) is -0.506. The van der Waals surface area contributed by atoms with E-state index in [0.717, 1.165) is 38.5 Å². The molecule has 0 aliphatic rings. The first-order chi connectivity index (χ1) is 25.6. The van der Waals surface area contributed by atoms with Gasteiger partial charge in [-0.05, 0) is 51.4 Å². The normalized spacial score (nSPS) is 13.9. The minimum Gasteiger partial charge on any atom is -0.394 e. The summed E-state index contributed by atoms with van der Waals surface area (Å²) in [5.41, 5.74) is 0. The lowest BCUT2D eigenvalue weighted by atomic mass is 10.0. The zero-order valence-corrected chi connectivity index (χ0v) is 34.7. The Bertz CT molecular complexity index is 809. The summed E-state index contributed by atoms with van der Waals surface area (Å²) in [6.45, 7) is 4.16. The Morgan fingerprint density at radius 1 is 0.481 bits per heavy atom. The van der Waals surface area contributed by atoms with Gasteiger partial charge in [0.05, 0.1) is 18.8 Å². The molecule has 0 radical (unpaired) electrons. The molecule has 0 bridgehead atoms. The van der Waals surface area contributed by atoms with E-state index in [4.69, 9.17) is 0 Å². The lowest BCUT2D eigenvalue weighted by Gasteiger charge is -2.21. The van der Waals surface area contributed by atoms with Crippen molar-refractivity contribution in [1.29, 1.82) is 0 Å². The minimum absolute atomic E-state index is 0.364. The number of nitrogens with one attached hydrogen (secondary N) is 1. The highest BCUT2D eigenvalue weighted by atomic mass is 16.3. The number of carbonyl (C=O) groups is 1. The average Bonchev–Trinajstić information content (AvgIpc) is 3.15. The molecule has 0 aromatic rings. The second-order valence-corrected chi connectivity index (χ2v) is 15.6. The Hall–Kier alpha value is -1.43. The molecule has 0 rings (SSSR count). The van der Waals surface area contributed by atoms with Crippen molar-refractivity contribution in [3.8, 4) is 0 Å². The molecule has 0 aliphatic heterocycles. The number of rotatable bonds is 41. The maximum atomic E-state index is 12.4. The molecule has 5 heteroatoms. The van der Waals surface area contributed by atoms with Crippen LogP contribution in [0.3, 0.4) is 0 Å². The molecule has 3 unspecified atom stereocenters. The number of hydrogen-bond acceptors (Lipinski definition) is 4. The summed E-state index contributed by atoms with van der Waals surface area (Å²) in [4.78, 5) is 12.4. The summed E-state index contributed by atoms with van der Waals surface area (Å²) in [6.07, 6.45) is 53.4. The second-order valence-electron chi connectivity index (χ2n) is 15.6.